The number of hydrogen-bond acceptors (Lipinski definition) is 3. The summed E-state index contributed by atoms with van der Waals surface area (Å²) in [5, 5.41) is 8.97. The largest absolute Gasteiger partial charge is 0.480 e. The molecule has 1 saturated heterocycles. The number of carboxylic acid groups (broad SMARTS) is 1. The van der Waals surface area contributed by atoms with Crippen molar-refractivity contribution in [2.45, 2.75) is 32.7 Å². The van der Waals surface area contributed by atoms with Crippen molar-refractivity contribution in [1.82, 2.24) is 14.7 Å². The summed E-state index contributed by atoms with van der Waals surface area (Å²) < 4.78 is 0. The Balaban J connectivity index is 2.78. The molecule has 1 aliphatic heterocycles. The Morgan fingerprint density at radius 1 is 1.16 bits per heavy atom. The van der Waals surface area contributed by atoms with E-state index in [-0.39, 0.29) is 12.6 Å². The van der Waals surface area contributed by atoms with Crippen LogP contribution in [0.15, 0.2) is 0 Å². The van der Waals surface area contributed by atoms with E-state index in [2.05, 4.69) is 4.90 Å². The monoisotopic (exact) mass is 271 g/mol. The van der Waals surface area contributed by atoms with Crippen molar-refractivity contribution in [1.29, 1.82) is 0 Å². The molecule has 0 aromatic heterocycles. The van der Waals surface area contributed by atoms with Gasteiger partial charge in [-0.15, -0.1) is 0 Å². The standard InChI is InChI=1S/C13H25N3O3/c1-13(2,3)16(10-11(17)18)12(19)15-7-5-6-14(4)8-9-15/h5-10H2,1-4H3,(H,17,18). The first-order valence-electron chi connectivity index (χ1n) is 6.68. The van der Waals surface area contributed by atoms with Crippen LogP contribution in [0.1, 0.15) is 27.2 Å². The third-order valence-electron chi connectivity index (χ3n) is 3.32. The predicted molar refractivity (Wildman–Crippen MR) is 73.2 cm³/mol. The fourth-order valence-corrected chi connectivity index (χ4v) is 2.14. The number of carboxylic acids is 1. The molecule has 1 fully saturated rings. The summed E-state index contributed by atoms with van der Waals surface area (Å²) in [5.41, 5.74) is -0.492. The van der Waals surface area contributed by atoms with Gasteiger partial charge >= 0.3 is 12.0 Å². The van der Waals surface area contributed by atoms with Gasteiger partial charge < -0.3 is 19.8 Å². The van der Waals surface area contributed by atoms with Crippen LogP contribution >= 0.6 is 0 Å². The van der Waals surface area contributed by atoms with Crippen molar-refractivity contribution >= 4 is 12.0 Å². The topological polar surface area (TPSA) is 64.1 Å². The zero-order valence-corrected chi connectivity index (χ0v) is 12.3. The van der Waals surface area contributed by atoms with Gasteiger partial charge in [-0.2, -0.15) is 0 Å². The number of urea groups is 1. The summed E-state index contributed by atoms with van der Waals surface area (Å²) in [5.74, 6) is -0.977. The molecular formula is C13H25N3O3. The Morgan fingerprint density at radius 2 is 1.79 bits per heavy atom. The van der Waals surface area contributed by atoms with E-state index in [1.165, 1.54) is 4.90 Å². The second kappa shape index (κ2) is 6.23. The molecule has 0 atom stereocenters. The van der Waals surface area contributed by atoms with E-state index < -0.39 is 11.5 Å². The Hall–Kier alpha value is -1.30. The normalized spacial score (nSPS) is 18.0. The molecule has 1 aliphatic rings. The fourth-order valence-electron chi connectivity index (χ4n) is 2.14. The Kier molecular flexibility index (Phi) is 5.17. The average molecular weight is 271 g/mol. The minimum absolute atomic E-state index is 0.176. The minimum atomic E-state index is -0.977. The van der Waals surface area contributed by atoms with Gasteiger partial charge in [0.2, 0.25) is 0 Å². The Morgan fingerprint density at radius 3 is 2.32 bits per heavy atom. The van der Waals surface area contributed by atoms with Crippen molar-refractivity contribution in [3.63, 3.8) is 0 Å². The second-order valence-electron chi connectivity index (χ2n) is 6.08. The molecule has 0 radical (unpaired) electrons. The lowest BCUT2D eigenvalue weighted by Gasteiger charge is -2.38. The van der Waals surface area contributed by atoms with Gasteiger partial charge in [0.05, 0.1) is 0 Å². The third-order valence-corrected chi connectivity index (χ3v) is 3.32. The molecule has 6 heteroatoms. The number of carbonyl (C=O) groups excluding carboxylic acids is 1. The van der Waals surface area contributed by atoms with E-state index in [9.17, 15) is 9.59 Å². The number of nitrogens with zero attached hydrogens (tertiary/aromatic N) is 3. The molecule has 19 heavy (non-hydrogen) atoms. The zero-order chi connectivity index (χ0) is 14.6. The maximum Gasteiger partial charge on any atom is 0.323 e. The summed E-state index contributed by atoms with van der Waals surface area (Å²) in [6.45, 7) is 8.47. The van der Waals surface area contributed by atoms with Crippen LogP contribution in [0, 0.1) is 0 Å². The van der Waals surface area contributed by atoms with E-state index in [1.54, 1.807) is 4.90 Å². The molecule has 0 bridgehead atoms. The van der Waals surface area contributed by atoms with Gasteiger partial charge in [0, 0.05) is 25.2 Å². The SMILES string of the molecule is CN1CCCN(C(=O)N(CC(=O)O)C(C)(C)C)CC1. The summed E-state index contributed by atoms with van der Waals surface area (Å²) in [4.78, 5) is 28.8. The van der Waals surface area contributed by atoms with Gasteiger partial charge in [-0.1, -0.05) is 0 Å². The molecule has 1 N–H and O–H groups in total. The van der Waals surface area contributed by atoms with E-state index in [4.69, 9.17) is 5.11 Å². The molecule has 6 nitrogen and oxygen atoms in total. The van der Waals surface area contributed by atoms with Crippen molar-refractivity contribution in [3.8, 4) is 0 Å². The highest BCUT2D eigenvalue weighted by molar-refractivity contribution is 5.81. The molecule has 110 valence electrons. The van der Waals surface area contributed by atoms with Gasteiger partial charge in [-0.3, -0.25) is 4.79 Å². The Bertz CT molecular complexity index is 339. The van der Waals surface area contributed by atoms with E-state index in [0.29, 0.717) is 13.1 Å². The highest BCUT2D eigenvalue weighted by atomic mass is 16.4. The number of likely N-dealkylation sites (N-methyl/N-ethyl adjacent to an activating group) is 1. The van der Waals surface area contributed by atoms with Gasteiger partial charge in [0.25, 0.3) is 0 Å². The van der Waals surface area contributed by atoms with Gasteiger partial charge in [0.15, 0.2) is 0 Å². The molecule has 0 aromatic carbocycles. The Labute approximate surface area is 115 Å². The smallest absolute Gasteiger partial charge is 0.323 e. The lowest BCUT2D eigenvalue weighted by molar-refractivity contribution is -0.138. The molecular weight excluding hydrogens is 246 g/mol. The average Bonchev–Trinajstić information content (AvgIpc) is 2.48. The number of hydrogen-bond donors (Lipinski definition) is 1. The van der Waals surface area contributed by atoms with Crippen LogP contribution in [0.5, 0.6) is 0 Å². The summed E-state index contributed by atoms with van der Waals surface area (Å²) in [6.07, 6.45) is 0.924. The quantitative estimate of drug-likeness (QED) is 0.811. The van der Waals surface area contributed by atoms with Crippen LogP contribution < -0.4 is 0 Å². The van der Waals surface area contributed by atoms with E-state index in [0.717, 1.165) is 19.5 Å². The van der Waals surface area contributed by atoms with Gasteiger partial charge in [-0.05, 0) is 40.8 Å². The molecule has 0 aliphatic carbocycles. The number of amides is 2. The molecule has 2 amide bonds. The first kappa shape index (κ1) is 15.8. The fraction of sp³-hybridized carbons (Fsp3) is 0.846. The summed E-state index contributed by atoms with van der Waals surface area (Å²) in [6, 6.07) is -0.176. The predicted octanol–water partition coefficient (Wildman–Crippen LogP) is 0.929. The van der Waals surface area contributed by atoms with E-state index in [1.807, 2.05) is 27.8 Å². The maximum atomic E-state index is 12.5. The van der Waals surface area contributed by atoms with Crippen LogP contribution in [0.4, 0.5) is 4.79 Å². The lowest BCUT2D eigenvalue weighted by atomic mass is 10.1. The first-order valence-corrected chi connectivity index (χ1v) is 6.68. The third kappa shape index (κ3) is 4.70. The van der Waals surface area contributed by atoms with Crippen LogP contribution in [-0.4, -0.2) is 77.1 Å². The molecule has 0 aromatic rings. The summed E-state index contributed by atoms with van der Waals surface area (Å²) in [7, 11) is 2.03. The van der Waals surface area contributed by atoms with Crippen molar-refractivity contribution in [2.24, 2.45) is 0 Å². The molecule has 1 heterocycles. The maximum absolute atomic E-state index is 12.5. The molecule has 0 unspecified atom stereocenters. The van der Waals surface area contributed by atoms with Crippen LogP contribution in [0.25, 0.3) is 0 Å². The van der Waals surface area contributed by atoms with Crippen molar-refractivity contribution < 1.29 is 14.7 Å². The first-order chi connectivity index (χ1) is 8.71. The highest BCUT2D eigenvalue weighted by Gasteiger charge is 2.32. The summed E-state index contributed by atoms with van der Waals surface area (Å²) >= 11 is 0. The van der Waals surface area contributed by atoms with Crippen LogP contribution in [0.3, 0.4) is 0 Å². The zero-order valence-electron chi connectivity index (χ0n) is 12.3. The highest BCUT2D eigenvalue weighted by Crippen LogP contribution is 2.16. The van der Waals surface area contributed by atoms with Crippen molar-refractivity contribution in [2.75, 3.05) is 39.8 Å². The van der Waals surface area contributed by atoms with Gasteiger partial charge in [-0.25, -0.2) is 4.79 Å². The number of rotatable bonds is 2. The van der Waals surface area contributed by atoms with E-state index >= 15 is 0 Å². The van der Waals surface area contributed by atoms with Gasteiger partial charge in [0.1, 0.15) is 6.54 Å². The molecule has 0 saturated carbocycles. The molecule has 1 rings (SSSR count). The number of aliphatic carboxylic acids is 1. The van der Waals surface area contributed by atoms with Crippen molar-refractivity contribution in [3.05, 3.63) is 0 Å². The minimum Gasteiger partial charge on any atom is -0.480 e. The number of carbonyl (C=O) groups is 2. The van der Waals surface area contributed by atoms with Crippen LogP contribution in [0.2, 0.25) is 0 Å². The molecule has 0 spiro atoms. The van der Waals surface area contributed by atoms with Crippen LogP contribution in [-0.2, 0) is 4.79 Å². The second-order valence-corrected chi connectivity index (χ2v) is 6.08. The lowest BCUT2D eigenvalue weighted by Crippen LogP contribution is -2.54.